The molecule has 1 aromatic heterocycles. The fraction of sp³-hybridized carbons (Fsp3) is 0.857. The van der Waals surface area contributed by atoms with E-state index in [1.54, 1.807) is 4.68 Å². The lowest BCUT2D eigenvalue weighted by molar-refractivity contribution is -0.0276. The molecule has 2 N–H and O–H groups in total. The lowest BCUT2D eigenvalue weighted by Gasteiger charge is -2.29. The van der Waals surface area contributed by atoms with Crippen molar-refractivity contribution < 1.29 is 10.2 Å². The molecule has 0 aromatic carbocycles. The number of hydrogen-bond acceptors (Lipinski definition) is 4. The van der Waals surface area contributed by atoms with Crippen molar-refractivity contribution >= 4 is 0 Å². The van der Waals surface area contributed by atoms with Crippen LogP contribution in [0.3, 0.4) is 0 Å². The van der Waals surface area contributed by atoms with Gasteiger partial charge in [0.1, 0.15) is 12.2 Å². The highest BCUT2D eigenvalue weighted by atomic mass is 16.3. The molecule has 1 saturated carbocycles. The lowest BCUT2D eigenvalue weighted by Crippen LogP contribution is -2.36. The van der Waals surface area contributed by atoms with Gasteiger partial charge in [-0.2, -0.15) is 5.10 Å². The van der Waals surface area contributed by atoms with Gasteiger partial charge < -0.3 is 10.2 Å². The summed E-state index contributed by atoms with van der Waals surface area (Å²) in [7, 11) is 0. The summed E-state index contributed by atoms with van der Waals surface area (Å²) in [4.78, 5) is 4.19. The van der Waals surface area contributed by atoms with Crippen LogP contribution in [0.5, 0.6) is 0 Å². The molecule has 2 unspecified atom stereocenters. The standard InChI is InChI=1S/C14H25N3O2/c1-10(2)17-13(15-9-16-17)8-12(18)14(19)11-6-4-3-5-7-11/h9-12,14,18-19H,3-8H2,1-2H3. The average molecular weight is 267 g/mol. The predicted molar refractivity (Wildman–Crippen MR) is 72.7 cm³/mol. The lowest BCUT2D eigenvalue weighted by atomic mass is 9.83. The van der Waals surface area contributed by atoms with Crippen LogP contribution in [-0.2, 0) is 6.42 Å². The summed E-state index contributed by atoms with van der Waals surface area (Å²) in [5.41, 5.74) is 0. The van der Waals surface area contributed by atoms with Crippen LogP contribution in [0.25, 0.3) is 0 Å². The largest absolute Gasteiger partial charge is 0.390 e. The molecule has 2 rings (SSSR count). The van der Waals surface area contributed by atoms with E-state index < -0.39 is 12.2 Å². The van der Waals surface area contributed by atoms with Gasteiger partial charge in [-0.15, -0.1) is 0 Å². The van der Waals surface area contributed by atoms with Crippen LogP contribution in [0.1, 0.15) is 57.8 Å². The second kappa shape index (κ2) is 6.48. The Balaban J connectivity index is 1.95. The van der Waals surface area contributed by atoms with E-state index in [0.29, 0.717) is 6.42 Å². The molecule has 1 heterocycles. The third-order valence-corrected chi connectivity index (χ3v) is 4.06. The van der Waals surface area contributed by atoms with Crippen molar-refractivity contribution in [3.8, 4) is 0 Å². The number of hydrogen-bond donors (Lipinski definition) is 2. The van der Waals surface area contributed by atoms with E-state index in [2.05, 4.69) is 10.1 Å². The van der Waals surface area contributed by atoms with Crippen LogP contribution in [0.2, 0.25) is 0 Å². The van der Waals surface area contributed by atoms with Gasteiger partial charge in [0, 0.05) is 12.5 Å². The van der Waals surface area contributed by atoms with Gasteiger partial charge in [0.25, 0.3) is 0 Å². The molecule has 0 amide bonds. The molecule has 1 aliphatic carbocycles. The topological polar surface area (TPSA) is 71.2 Å². The maximum absolute atomic E-state index is 10.3. The Bertz CT molecular complexity index is 386. The molecule has 2 atom stereocenters. The second-order valence-corrected chi connectivity index (χ2v) is 5.87. The van der Waals surface area contributed by atoms with Gasteiger partial charge >= 0.3 is 0 Å². The minimum absolute atomic E-state index is 0.219. The Kier molecular flexibility index (Phi) is 4.93. The monoisotopic (exact) mass is 267 g/mol. The van der Waals surface area contributed by atoms with Gasteiger partial charge in [-0.3, -0.25) is 0 Å². The molecule has 1 aliphatic rings. The minimum Gasteiger partial charge on any atom is -0.390 e. The summed E-state index contributed by atoms with van der Waals surface area (Å²) in [6, 6.07) is 0.219. The van der Waals surface area contributed by atoms with Gasteiger partial charge in [0.2, 0.25) is 0 Å². The number of aliphatic hydroxyl groups is 2. The van der Waals surface area contributed by atoms with Gasteiger partial charge in [0.05, 0.1) is 12.2 Å². The summed E-state index contributed by atoms with van der Waals surface area (Å²) in [6.07, 6.45) is 6.12. The van der Waals surface area contributed by atoms with Crippen molar-refractivity contribution in [3.05, 3.63) is 12.2 Å². The van der Waals surface area contributed by atoms with Gasteiger partial charge in [0.15, 0.2) is 0 Å². The van der Waals surface area contributed by atoms with Crippen molar-refractivity contribution in [1.29, 1.82) is 0 Å². The normalized spacial score (nSPS) is 20.7. The maximum atomic E-state index is 10.3. The predicted octanol–water partition coefficient (Wildman–Crippen LogP) is 1.70. The molecule has 19 heavy (non-hydrogen) atoms. The van der Waals surface area contributed by atoms with E-state index in [4.69, 9.17) is 0 Å². The molecule has 0 bridgehead atoms. The molecule has 108 valence electrons. The average Bonchev–Trinajstić information content (AvgIpc) is 2.87. The van der Waals surface area contributed by atoms with E-state index in [9.17, 15) is 10.2 Å². The van der Waals surface area contributed by atoms with E-state index in [0.717, 1.165) is 31.5 Å². The third-order valence-electron chi connectivity index (χ3n) is 4.06. The maximum Gasteiger partial charge on any atom is 0.138 e. The van der Waals surface area contributed by atoms with Gasteiger partial charge in [-0.25, -0.2) is 9.67 Å². The first kappa shape index (κ1) is 14.5. The number of nitrogens with zero attached hydrogens (tertiary/aromatic N) is 3. The zero-order chi connectivity index (χ0) is 13.8. The highest BCUT2D eigenvalue weighted by Gasteiger charge is 2.28. The van der Waals surface area contributed by atoms with Crippen LogP contribution in [-0.4, -0.2) is 37.2 Å². The highest BCUT2D eigenvalue weighted by molar-refractivity contribution is 4.92. The first-order valence-corrected chi connectivity index (χ1v) is 7.34. The molecule has 5 nitrogen and oxygen atoms in total. The van der Waals surface area contributed by atoms with Crippen molar-refractivity contribution in [2.45, 2.75) is 70.6 Å². The van der Waals surface area contributed by atoms with Crippen molar-refractivity contribution in [2.75, 3.05) is 0 Å². The summed E-state index contributed by atoms with van der Waals surface area (Å²) < 4.78 is 1.80. The summed E-state index contributed by atoms with van der Waals surface area (Å²) in [5.74, 6) is 0.983. The van der Waals surface area contributed by atoms with Gasteiger partial charge in [-0.05, 0) is 32.6 Å². The fourth-order valence-corrected chi connectivity index (χ4v) is 2.95. The Morgan fingerprint density at radius 3 is 2.58 bits per heavy atom. The number of aromatic nitrogens is 3. The first-order chi connectivity index (χ1) is 9.09. The van der Waals surface area contributed by atoms with Crippen LogP contribution in [0, 0.1) is 5.92 Å². The minimum atomic E-state index is -0.746. The fourth-order valence-electron chi connectivity index (χ4n) is 2.95. The van der Waals surface area contributed by atoms with E-state index >= 15 is 0 Å². The van der Waals surface area contributed by atoms with Crippen molar-refractivity contribution in [1.82, 2.24) is 14.8 Å². The molecular formula is C14H25N3O2. The zero-order valence-corrected chi connectivity index (χ0v) is 11.9. The first-order valence-electron chi connectivity index (χ1n) is 7.34. The number of rotatable bonds is 5. The van der Waals surface area contributed by atoms with Crippen LogP contribution < -0.4 is 0 Å². The Hall–Kier alpha value is -0.940. The molecular weight excluding hydrogens is 242 g/mol. The third kappa shape index (κ3) is 3.54. The van der Waals surface area contributed by atoms with Crippen LogP contribution in [0.15, 0.2) is 6.33 Å². The Morgan fingerprint density at radius 1 is 1.26 bits per heavy atom. The van der Waals surface area contributed by atoms with E-state index in [1.165, 1.54) is 12.7 Å². The number of aliphatic hydroxyl groups excluding tert-OH is 2. The summed E-state index contributed by atoms with van der Waals surface area (Å²) >= 11 is 0. The smallest absolute Gasteiger partial charge is 0.138 e. The highest BCUT2D eigenvalue weighted by Crippen LogP contribution is 2.28. The second-order valence-electron chi connectivity index (χ2n) is 5.87. The zero-order valence-electron chi connectivity index (χ0n) is 11.9. The SMILES string of the molecule is CC(C)n1ncnc1CC(O)C(O)C1CCCCC1. The van der Waals surface area contributed by atoms with Crippen LogP contribution >= 0.6 is 0 Å². The van der Waals surface area contributed by atoms with Crippen molar-refractivity contribution in [2.24, 2.45) is 5.92 Å². The van der Waals surface area contributed by atoms with Crippen LogP contribution in [0.4, 0.5) is 0 Å². The molecule has 0 radical (unpaired) electrons. The summed E-state index contributed by atoms with van der Waals surface area (Å²) in [5, 5.41) is 24.6. The Labute approximate surface area is 114 Å². The van der Waals surface area contributed by atoms with Crippen molar-refractivity contribution in [3.63, 3.8) is 0 Å². The summed E-state index contributed by atoms with van der Waals surface area (Å²) in [6.45, 7) is 4.06. The Morgan fingerprint density at radius 2 is 1.95 bits per heavy atom. The molecule has 0 spiro atoms. The van der Waals surface area contributed by atoms with Gasteiger partial charge in [-0.1, -0.05) is 19.3 Å². The molecule has 1 aromatic rings. The molecule has 0 saturated heterocycles. The van der Waals surface area contributed by atoms with E-state index in [1.807, 2.05) is 13.8 Å². The van der Waals surface area contributed by atoms with E-state index in [-0.39, 0.29) is 12.0 Å². The quantitative estimate of drug-likeness (QED) is 0.852. The molecule has 5 heteroatoms. The molecule has 1 fully saturated rings. The molecule has 0 aliphatic heterocycles.